The molecule has 0 saturated heterocycles. The SMILES string of the molecule is O=S(=O)(O)O[C@@H]([C@H](O)[C@@H](O)[C@@H](O)CO)[C@H](O)CC1C[C@@H](O)[C@H](O)[C@H]1CO. The van der Waals surface area contributed by atoms with Gasteiger partial charge in [-0.05, 0) is 18.8 Å². The maximum absolute atomic E-state index is 11.0. The summed E-state index contributed by atoms with van der Waals surface area (Å²) >= 11 is 0. The van der Waals surface area contributed by atoms with E-state index in [0.717, 1.165) is 0 Å². The molecule has 1 fully saturated rings. The van der Waals surface area contributed by atoms with Crippen LogP contribution < -0.4 is 0 Å². The van der Waals surface area contributed by atoms with Gasteiger partial charge in [-0.2, -0.15) is 8.42 Å². The van der Waals surface area contributed by atoms with Gasteiger partial charge in [0.05, 0.1) is 24.9 Å². The molecule has 1 saturated carbocycles. The van der Waals surface area contributed by atoms with Crippen LogP contribution in [0.5, 0.6) is 0 Å². The van der Waals surface area contributed by atoms with E-state index < -0.39 is 78.2 Å². The minimum atomic E-state index is -5.18. The van der Waals surface area contributed by atoms with Gasteiger partial charge in [-0.15, -0.1) is 0 Å². The van der Waals surface area contributed by atoms with E-state index in [2.05, 4.69) is 4.18 Å². The van der Waals surface area contributed by atoms with Crippen LogP contribution in [0.4, 0.5) is 0 Å². The molecule has 0 amide bonds. The first-order chi connectivity index (χ1) is 11.9. The van der Waals surface area contributed by atoms with E-state index in [-0.39, 0.29) is 12.8 Å². The summed E-state index contributed by atoms with van der Waals surface area (Å²) in [6.45, 7) is -1.52. The molecule has 0 aromatic rings. The molecule has 26 heavy (non-hydrogen) atoms. The van der Waals surface area contributed by atoms with Gasteiger partial charge in [0.25, 0.3) is 0 Å². The van der Waals surface area contributed by atoms with E-state index in [0.29, 0.717) is 0 Å². The lowest BCUT2D eigenvalue weighted by molar-refractivity contribution is -0.136. The van der Waals surface area contributed by atoms with Crippen LogP contribution in [0.2, 0.25) is 0 Å². The molecule has 1 unspecified atom stereocenters. The van der Waals surface area contributed by atoms with Crippen molar-refractivity contribution in [1.82, 2.24) is 0 Å². The highest BCUT2D eigenvalue weighted by atomic mass is 32.3. The smallest absolute Gasteiger partial charge is 0.396 e. The fourth-order valence-corrected chi connectivity index (χ4v) is 3.70. The van der Waals surface area contributed by atoms with Crippen molar-refractivity contribution in [3.05, 3.63) is 0 Å². The minimum absolute atomic E-state index is 0.0417. The Kier molecular flexibility index (Phi) is 8.76. The quantitative estimate of drug-likeness (QED) is 0.156. The van der Waals surface area contributed by atoms with Crippen molar-refractivity contribution >= 4 is 10.4 Å². The maximum Gasteiger partial charge on any atom is 0.397 e. The summed E-state index contributed by atoms with van der Waals surface area (Å²) in [5, 5.41) is 76.8. The fourth-order valence-electron chi connectivity index (χ4n) is 3.18. The molecular weight excluding hydrogens is 380 g/mol. The summed E-state index contributed by atoms with van der Waals surface area (Å²) < 4.78 is 35.0. The van der Waals surface area contributed by atoms with Gasteiger partial charge in [0.15, 0.2) is 0 Å². The molecule has 12 nitrogen and oxygen atoms in total. The van der Waals surface area contributed by atoms with Crippen molar-refractivity contribution in [1.29, 1.82) is 0 Å². The molecule has 0 aromatic carbocycles. The van der Waals surface area contributed by atoms with Crippen LogP contribution in [0.3, 0.4) is 0 Å². The summed E-state index contributed by atoms with van der Waals surface area (Å²) in [5.74, 6) is -1.53. The third-order valence-electron chi connectivity index (χ3n) is 4.62. The topological polar surface area (TPSA) is 225 Å². The van der Waals surface area contributed by atoms with Gasteiger partial charge in [-0.25, -0.2) is 4.18 Å². The van der Waals surface area contributed by atoms with Crippen LogP contribution in [0.1, 0.15) is 12.8 Å². The van der Waals surface area contributed by atoms with Gasteiger partial charge in [-0.1, -0.05) is 0 Å². The number of hydrogen-bond donors (Lipinski definition) is 9. The van der Waals surface area contributed by atoms with E-state index in [4.69, 9.17) is 9.66 Å². The van der Waals surface area contributed by atoms with Crippen LogP contribution in [-0.4, -0.2) is 110 Å². The average molecular weight is 406 g/mol. The zero-order valence-corrected chi connectivity index (χ0v) is 14.5. The Morgan fingerprint density at radius 3 is 2.04 bits per heavy atom. The molecule has 0 bridgehead atoms. The van der Waals surface area contributed by atoms with Gasteiger partial charge in [0, 0.05) is 12.5 Å². The van der Waals surface area contributed by atoms with Crippen LogP contribution >= 0.6 is 0 Å². The van der Waals surface area contributed by atoms with Crippen LogP contribution in [-0.2, 0) is 14.6 Å². The molecule has 1 rings (SSSR count). The predicted octanol–water partition coefficient (Wildman–Crippen LogP) is -4.65. The molecule has 156 valence electrons. The largest absolute Gasteiger partial charge is 0.397 e. The molecule has 9 N–H and O–H groups in total. The minimum Gasteiger partial charge on any atom is -0.396 e. The molecule has 1 aliphatic rings. The molecule has 0 heterocycles. The van der Waals surface area contributed by atoms with Crippen molar-refractivity contribution in [3.8, 4) is 0 Å². The number of hydrogen-bond acceptors (Lipinski definition) is 11. The summed E-state index contributed by atoms with van der Waals surface area (Å²) in [6.07, 6.45) is -13.1. The van der Waals surface area contributed by atoms with Gasteiger partial charge >= 0.3 is 10.4 Å². The second-order valence-corrected chi connectivity index (χ2v) is 7.47. The second-order valence-electron chi connectivity index (χ2n) is 6.42. The third kappa shape index (κ3) is 6.03. The van der Waals surface area contributed by atoms with E-state index in [1.807, 2.05) is 0 Å². The highest BCUT2D eigenvalue weighted by molar-refractivity contribution is 7.80. The Hall–Kier alpha value is -0.450. The third-order valence-corrected chi connectivity index (χ3v) is 5.08. The van der Waals surface area contributed by atoms with E-state index >= 15 is 0 Å². The monoisotopic (exact) mass is 406 g/mol. The summed E-state index contributed by atoms with van der Waals surface area (Å²) in [6, 6.07) is 0. The summed E-state index contributed by atoms with van der Waals surface area (Å²) in [5.41, 5.74) is 0. The number of aliphatic hydroxyl groups is 8. The normalized spacial score (nSPS) is 32.8. The summed E-state index contributed by atoms with van der Waals surface area (Å²) in [7, 11) is -5.18. The van der Waals surface area contributed by atoms with E-state index in [1.165, 1.54) is 0 Å². The Bertz CT molecular complexity index is 527. The van der Waals surface area contributed by atoms with Crippen LogP contribution in [0.25, 0.3) is 0 Å². The first-order valence-corrected chi connectivity index (χ1v) is 9.25. The van der Waals surface area contributed by atoms with Crippen LogP contribution in [0.15, 0.2) is 0 Å². The Balaban J connectivity index is 2.95. The molecule has 9 atom stereocenters. The standard InChI is InChI=1S/C13H26O12S/c14-3-6-5(1-7(16)10(6)19)2-8(17)13(25-26(22,23)24)12(21)11(20)9(18)4-15/h5-21H,1-4H2,(H,22,23,24)/t5?,6-,7+,8+,9-,10+,11-,12+,13+/m0/s1. The number of aliphatic hydroxyl groups excluding tert-OH is 8. The van der Waals surface area contributed by atoms with E-state index in [1.54, 1.807) is 0 Å². The highest BCUT2D eigenvalue weighted by Gasteiger charge is 2.45. The predicted molar refractivity (Wildman–Crippen MR) is 82.8 cm³/mol. The fraction of sp³-hybridized carbons (Fsp3) is 1.00. The maximum atomic E-state index is 11.0. The summed E-state index contributed by atoms with van der Waals surface area (Å²) in [4.78, 5) is 0. The lowest BCUT2D eigenvalue weighted by Gasteiger charge is -2.32. The first kappa shape index (κ1) is 23.6. The lowest BCUT2D eigenvalue weighted by Crippen LogP contribution is -2.52. The van der Waals surface area contributed by atoms with E-state index in [9.17, 15) is 44.2 Å². The lowest BCUT2D eigenvalue weighted by atomic mass is 9.87. The Morgan fingerprint density at radius 2 is 1.58 bits per heavy atom. The first-order valence-electron chi connectivity index (χ1n) is 7.88. The molecule has 0 aromatic heterocycles. The van der Waals surface area contributed by atoms with Gasteiger partial charge in [0.2, 0.25) is 0 Å². The van der Waals surface area contributed by atoms with Crippen molar-refractivity contribution in [2.45, 2.75) is 55.6 Å². The molecule has 0 aliphatic heterocycles. The zero-order valence-electron chi connectivity index (χ0n) is 13.7. The molecule has 0 spiro atoms. The van der Waals surface area contributed by atoms with Gasteiger partial charge < -0.3 is 40.9 Å². The molecule has 13 heteroatoms. The van der Waals surface area contributed by atoms with Crippen molar-refractivity contribution in [3.63, 3.8) is 0 Å². The highest BCUT2D eigenvalue weighted by Crippen LogP contribution is 2.36. The molecule has 0 radical (unpaired) electrons. The average Bonchev–Trinajstić information content (AvgIpc) is 2.82. The zero-order chi connectivity index (χ0) is 20.2. The Morgan fingerprint density at radius 1 is 1.00 bits per heavy atom. The molecule has 1 aliphatic carbocycles. The Labute approximate surface area is 149 Å². The van der Waals surface area contributed by atoms with Crippen molar-refractivity contribution in [2.75, 3.05) is 13.2 Å². The second kappa shape index (κ2) is 9.66. The molecular formula is C13H26O12S. The van der Waals surface area contributed by atoms with Gasteiger partial charge in [-0.3, -0.25) is 4.55 Å². The van der Waals surface area contributed by atoms with Crippen LogP contribution in [0, 0.1) is 11.8 Å². The number of rotatable bonds is 10. The van der Waals surface area contributed by atoms with Gasteiger partial charge in [0.1, 0.15) is 24.4 Å². The van der Waals surface area contributed by atoms with Crippen molar-refractivity contribution < 1.29 is 58.0 Å². The van der Waals surface area contributed by atoms with Crippen molar-refractivity contribution in [2.24, 2.45) is 11.8 Å².